The van der Waals surface area contributed by atoms with Gasteiger partial charge in [0.15, 0.2) is 6.23 Å². The normalized spacial score (nSPS) is 15.3. The van der Waals surface area contributed by atoms with Gasteiger partial charge in [-0.3, -0.25) is 9.59 Å². The number of nitrogens with one attached hydrogen (secondary N) is 1. The van der Waals surface area contributed by atoms with Gasteiger partial charge in [0.2, 0.25) is 5.91 Å². The first-order valence-corrected chi connectivity index (χ1v) is 12.7. The van der Waals surface area contributed by atoms with E-state index in [-0.39, 0.29) is 24.2 Å². The summed E-state index contributed by atoms with van der Waals surface area (Å²) in [6.07, 6.45) is 4.02. The molecule has 1 aromatic heterocycles. The van der Waals surface area contributed by atoms with Crippen LogP contribution in [0.15, 0.2) is 89.7 Å². The van der Waals surface area contributed by atoms with Crippen molar-refractivity contribution in [1.29, 1.82) is 0 Å². The average molecular weight is 562 g/mol. The molecule has 1 unspecified atom stereocenters. The summed E-state index contributed by atoms with van der Waals surface area (Å²) in [5.41, 5.74) is 5.26. The molecule has 8 heteroatoms. The second-order valence-corrected chi connectivity index (χ2v) is 9.81. The largest absolute Gasteiger partial charge is 0.344 e. The number of carbonyl (C=O) groups is 2. The van der Waals surface area contributed by atoms with Crippen LogP contribution in [-0.4, -0.2) is 34.4 Å². The summed E-state index contributed by atoms with van der Waals surface area (Å²) in [5.74, 6) is -0.514. The Kier molecular flexibility index (Phi) is 7.21. The standard InChI is InChI=1S/C29H25BrFN3O3/c1-19(35)32-24-10-2-20(3-11-24)14-15-34-28(36)18-37-29(34)27-17-33(25-12-6-22(30)7-13-25)16-26(27)21-4-8-23(31)9-5-21/h2-13,16-17,29H,14-15,18H2,1H3,(H,32,35). The Morgan fingerprint density at radius 3 is 2.41 bits per heavy atom. The number of aromatic nitrogens is 1. The molecule has 0 saturated carbocycles. The number of halogens is 2. The van der Waals surface area contributed by atoms with E-state index in [1.807, 2.05) is 65.5 Å². The third-order valence-corrected chi connectivity index (χ3v) is 6.82. The predicted molar refractivity (Wildman–Crippen MR) is 144 cm³/mol. The van der Waals surface area contributed by atoms with Crippen molar-refractivity contribution in [2.75, 3.05) is 18.5 Å². The molecule has 1 atom stereocenters. The molecular formula is C29H25BrFN3O3. The molecular weight excluding hydrogens is 537 g/mol. The van der Waals surface area contributed by atoms with Gasteiger partial charge >= 0.3 is 0 Å². The van der Waals surface area contributed by atoms with E-state index in [0.717, 1.165) is 38.1 Å². The van der Waals surface area contributed by atoms with Gasteiger partial charge in [-0.2, -0.15) is 0 Å². The monoisotopic (exact) mass is 561 g/mol. The summed E-state index contributed by atoms with van der Waals surface area (Å²) in [6, 6.07) is 21.8. The number of rotatable bonds is 7. The molecule has 0 radical (unpaired) electrons. The van der Waals surface area contributed by atoms with Gasteiger partial charge in [0, 0.05) is 52.8 Å². The van der Waals surface area contributed by atoms with Gasteiger partial charge in [0.05, 0.1) is 0 Å². The summed E-state index contributed by atoms with van der Waals surface area (Å²) in [7, 11) is 0. The Bertz CT molecular complexity index is 1420. The van der Waals surface area contributed by atoms with E-state index >= 15 is 0 Å². The molecule has 2 heterocycles. The molecule has 0 bridgehead atoms. The zero-order valence-electron chi connectivity index (χ0n) is 20.2. The Morgan fingerprint density at radius 1 is 1.03 bits per heavy atom. The van der Waals surface area contributed by atoms with Crippen LogP contribution in [0.4, 0.5) is 10.1 Å². The minimum atomic E-state index is -0.567. The molecule has 5 rings (SSSR count). The zero-order chi connectivity index (χ0) is 25.9. The third-order valence-electron chi connectivity index (χ3n) is 6.29. The molecule has 1 fully saturated rings. The van der Waals surface area contributed by atoms with Crippen molar-refractivity contribution in [3.05, 3.63) is 107 Å². The second kappa shape index (κ2) is 10.7. The van der Waals surface area contributed by atoms with Crippen molar-refractivity contribution in [2.24, 2.45) is 0 Å². The summed E-state index contributed by atoms with van der Waals surface area (Å²) < 4.78 is 22.6. The van der Waals surface area contributed by atoms with Crippen molar-refractivity contribution in [3.63, 3.8) is 0 Å². The fraction of sp³-hybridized carbons (Fsp3) is 0.172. The second-order valence-electron chi connectivity index (χ2n) is 8.90. The minimum absolute atomic E-state index is 0.00153. The lowest BCUT2D eigenvalue weighted by molar-refractivity contribution is -0.128. The number of anilines is 1. The Morgan fingerprint density at radius 2 is 1.73 bits per heavy atom. The van der Waals surface area contributed by atoms with Crippen LogP contribution in [-0.2, 0) is 20.7 Å². The average Bonchev–Trinajstić information content (AvgIpc) is 3.48. The van der Waals surface area contributed by atoms with E-state index in [1.165, 1.54) is 19.1 Å². The first-order valence-electron chi connectivity index (χ1n) is 11.9. The SMILES string of the molecule is CC(=O)Nc1ccc(CCN2C(=O)COC2c2cn(-c3ccc(Br)cc3)cc2-c2ccc(F)cc2)cc1. The molecule has 0 aliphatic carbocycles. The zero-order valence-corrected chi connectivity index (χ0v) is 21.7. The Balaban J connectivity index is 1.44. The van der Waals surface area contributed by atoms with Crippen LogP contribution < -0.4 is 5.32 Å². The lowest BCUT2D eigenvalue weighted by Crippen LogP contribution is -2.30. The van der Waals surface area contributed by atoms with Crippen LogP contribution in [0, 0.1) is 5.82 Å². The summed E-state index contributed by atoms with van der Waals surface area (Å²) in [5, 5.41) is 2.76. The molecule has 1 aliphatic heterocycles. The van der Waals surface area contributed by atoms with E-state index in [4.69, 9.17) is 4.74 Å². The minimum Gasteiger partial charge on any atom is -0.344 e. The molecule has 2 amide bonds. The highest BCUT2D eigenvalue weighted by Gasteiger charge is 2.35. The Labute approximate surface area is 222 Å². The fourth-order valence-corrected chi connectivity index (χ4v) is 4.73. The van der Waals surface area contributed by atoms with Crippen LogP contribution >= 0.6 is 15.9 Å². The lowest BCUT2D eigenvalue weighted by Gasteiger charge is -2.24. The van der Waals surface area contributed by atoms with Gasteiger partial charge < -0.3 is 19.5 Å². The van der Waals surface area contributed by atoms with E-state index in [1.54, 1.807) is 17.0 Å². The van der Waals surface area contributed by atoms with Crippen LogP contribution in [0.25, 0.3) is 16.8 Å². The van der Waals surface area contributed by atoms with Crippen LogP contribution in [0.1, 0.15) is 24.3 Å². The van der Waals surface area contributed by atoms with Crippen molar-refractivity contribution < 1.29 is 18.7 Å². The number of benzene rings is 3. The highest BCUT2D eigenvalue weighted by Crippen LogP contribution is 2.37. The number of amides is 2. The van der Waals surface area contributed by atoms with Crippen LogP contribution in [0.5, 0.6) is 0 Å². The number of nitrogens with zero attached hydrogens (tertiary/aromatic N) is 2. The first-order chi connectivity index (χ1) is 17.9. The molecule has 0 spiro atoms. The van der Waals surface area contributed by atoms with Crippen molar-refractivity contribution >= 4 is 33.4 Å². The fourth-order valence-electron chi connectivity index (χ4n) is 4.46. The predicted octanol–water partition coefficient (Wildman–Crippen LogP) is 6.10. The molecule has 1 saturated heterocycles. The van der Waals surface area contributed by atoms with Gasteiger partial charge in [-0.05, 0) is 66.1 Å². The highest BCUT2D eigenvalue weighted by molar-refractivity contribution is 9.10. The van der Waals surface area contributed by atoms with Crippen LogP contribution in [0.3, 0.4) is 0 Å². The molecule has 3 aromatic carbocycles. The molecule has 1 N–H and O–H groups in total. The maximum atomic E-state index is 13.7. The Hall–Kier alpha value is -3.75. The van der Waals surface area contributed by atoms with Gasteiger partial charge in [-0.15, -0.1) is 0 Å². The van der Waals surface area contributed by atoms with Crippen molar-refractivity contribution in [3.8, 4) is 16.8 Å². The molecule has 1 aliphatic rings. The maximum Gasteiger partial charge on any atom is 0.250 e. The molecule has 6 nitrogen and oxygen atoms in total. The van der Waals surface area contributed by atoms with Gasteiger partial charge in [0.25, 0.3) is 5.91 Å². The summed E-state index contributed by atoms with van der Waals surface area (Å²) in [4.78, 5) is 25.9. The van der Waals surface area contributed by atoms with Crippen molar-refractivity contribution in [1.82, 2.24) is 9.47 Å². The molecule has 4 aromatic rings. The van der Waals surface area contributed by atoms with Crippen molar-refractivity contribution in [2.45, 2.75) is 19.6 Å². The van der Waals surface area contributed by atoms with Gasteiger partial charge in [-0.25, -0.2) is 4.39 Å². The molecule has 188 valence electrons. The van der Waals surface area contributed by atoms with Crippen LogP contribution in [0.2, 0.25) is 0 Å². The van der Waals surface area contributed by atoms with E-state index in [2.05, 4.69) is 21.2 Å². The number of hydrogen-bond acceptors (Lipinski definition) is 3. The van der Waals surface area contributed by atoms with E-state index < -0.39 is 6.23 Å². The van der Waals surface area contributed by atoms with Gasteiger partial charge in [0.1, 0.15) is 12.4 Å². The number of ether oxygens (including phenoxy) is 1. The number of carbonyl (C=O) groups excluding carboxylic acids is 2. The lowest BCUT2D eigenvalue weighted by atomic mass is 10.0. The highest BCUT2D eigenvalue weighted by atomic mass is 79.9. The smallest absolute Gasteiger partial charge is 0.250 e. The first kappa shape index (κ1) is 24.9. The van der Waals surface area contributed by atoms with E-state index in [0.29, 0.717) is 13.0 Å². The summed E-state index contributed by atoms with van der Waals surface area (Å²) in [6.45, 7) is 1.94. The quantitative estimate of drug-likeness (QED) is 0.296. The maximum absolute atomic E-state index is 13.7. The number of hydrogen-bond donors (Lipinski definition) is 1. The third kappa shape index (κ3) is 5.65. The van der Waals surface area contributed by atoms with Gasteiger partial charge in [-0.1, -0.05) is 40.2 Å². The van der Waals surface area contributed by atoms with E-state index in [9.17, 15) is 14.0 Å². The summed E-state index contributed by atoms with van der Waals surface area (Å²) >= 11 is 3.47. The topological polar surface area (TPSA) is 63.6 Å². The molecule has 37 heavy (non-hydrogen) atoms.